The smallest absolute Gasteiger partial charge is 0.412 e. The van der Waals surface area contributed by atoms with Crippen molar-refractivity contribution in [2.24, 2.45) is 0 Å². The second-order valence-electron chi connectivity index (χ2n) is 6.32. The van der Waals surface area contributed by atoms with E-state index in [2.05, 4.69) is 20.4 Å². The summed E-state index contributed by atoms with van der Waals surface area (Å²) >= 11 is 1.45. The van der Waals surface area contributed by atoms with Crippen molar-refractivity contribution in [3.63, 3.8) is 0 Å². The van der Waals surface area contributed by atoms with Gasteiger partial charge in [-0.25, -0.2) is 9.31 Å². The first kappa shape index (κ1) is 18.9. The fourth-order valence-electron chi connectivity index (χ4n) is 2.92. The quantitative estimate of drug-likeness (QED) is 0.523. The normalized spacial score (nSPS) is 12.0. The monoisotopic (exact) mass is 409 g/mol. The molecule has 29 heavy (non-hydrogen) atoms. The lowest BCUT2D eigenvalue weighted by Gasteiger charge is -2.13. The van der Waals surface area contributed by atoms with E-state index in [0.717, 1.165) is 21.1 Å². The Labute approximate surface area is 171 Å². The highest BCUT2D eigenvalue weighted by molar-refractivity contribution is 7.17. The van der Waals surface area contributed by atoms with Gasteiger partial charge in [-0.15, -0.1) is 5.10 Å². The Bertz CT molecular complexity index is 1160. The molecule has 0 aliphatic heterocycles. The highest BCUT2D eigenvalue weighted by Crippen LogP contribution is 2.31. The standard InChI is InChI=1S/C20H19N5O3S/c1-12-17(13(2)28-20(26)22-15-5-4-6-16(11-15)27-3)29-19-23-18(24-25(12)19)14-7-9-21-10-8-14/h4-11,13H,1-3H3,(H,22,26). The number of aryl methyl sites for hydroxylation is 1. The molecule has 4 rings (SSSR count). The van der Waals surface area contributed by atoms with E-state index in [4.69, 9.17) is 9.47 Å². The van der Waals surface area contributed by atoms with Crippen molar-refractivity contribution in [3.8, 4) is 17.1 Å². The molecule has 0 spiro atoms. The number of thiazole rings is 1. The molecule has 148 valence electrons. The van der Waals surface area contributed by atoms with Crippen LogP contribution in [0.2, 0.25) is 0 Å². The van der Waals surface area contributed by atoms with E-state index in [0.29, 0.717) is 17.3 Å². The molecule has 1 N–H and O–H groups in total. The van der Waals surface area contributed by atoms with Gasteiger partial charge in [-0.1, -0.05) is 17.4 Å². The first-order valence-electron chi connectivity index (χ1n) is 8.93. The van der Waals surface area contributed by atoms with E-state index >= 15 is 0 Å². The molecule has 0 saturated carbocycles. The van der Waals surface area contributed by atoms with Crippen LogP contribution in [-0.4, -0.2) is 32.8 Å². The van der Waals surface area contributed by atoms with Gasteiger partial charge >= 0.3 is 6.09 Å². The topological polar surface area (TPSA) is 90.6 Å². The number of benzene rings is 1. The van der Waals surface area contributed by atoms with E-state index in [1.807, 2.05) is 26.0 Å². The zero-order chi connectivity index (χ0) is 20.4. The number of amides is 1. The molecule has 9 heteroatoms. The zero-order valence-electron chi connectivity index (χ0n) is 16.1. The van der Waals surface area contributed by atoms with Crippen LogP contribution in [0.1, 0.15) is 23.6 Å². The van der Waals surface area contributed by atoms with Gasteiger partial charge in [0, 0.05) is 29.7 Å². The van der Waals surface area contributed by atoms with E-state index < -0.39 is 12.2 Å². The summed E-state index contributed by atoms with van der Waals surface area (Å²) < 4.78 is 12.5. The Balaban J connectivity index is 1.49. The molecule has 0 aliphatic carbocycles. The molecule has 4 aromatic rings. The number of pyridine rings is 1. The number of fused-ring (bicyclic) bond motifs is 1. The van der Waals surface area contributed by atoms with Crippen LogP contribution < -0.4 is 10.1 Å². The molecule has 0 aliphatic rings. The van der Waals surface area contributed by atoms with Crippen LogP contribution in [-0.2, 0) is 4.74 Å². The number of nitrogens with one attached hydrogen (secondary N) is 1. The molecule has 3 heterocycles. The van der Waals surface area contributed by atoms with Gasteiger partial charge in [-0.3, -0.25) is 10.3 Å². The van der Waals surface area contributed by atoms with Gasteiger partial charge in [0.25, 0.3) is 0 Å². The van der Waals surface area contributed by atoms with Gasteiger partial charge < -0.3 is 9.47 Å². The minimum absolute atomic E-state index is 0.446. The van der Waals surface area contributed by atoms with Crippen LogP contribution in [0, 0.1) is 6.92 Å². The summed E-state index contributed by atoms with van der Waals surface area (Å²) in [6, 6.07) is 10.8. The summed E-state index contributed by atoms with van der Waals surface area (Å²) in [4.78, 5) is 22.5. The van der Waals surface area contributed by atoms with Gasteiger partial charge in [0.2, 0.25) is 4.96 Å². The Kier molecular flexibility index (Phi) is 5.13. The first-order chi connectivity index (χ1) is 14.0. The summed E-state index contributed by atoms with van der Waals surface area (Å²) in [5.74, 6) is 1.29. The van der Waals surface area contributed by atoms with Crippen molar-refractivity contribution in [1.82, 2.24) is 19.6 Å². The van der Waals surface area contributed by atoms with Gasteiger partial charge in [-0.2, -0.15) is 4.98 Å². The average Bonchev–Trinajstić information content (AvgIpc) is 3.28. The van der Waals surface area contributed by atoms with Gasteiger partial charge in [0.1, 0.15) is 11.9 Å². The van der Waals surface area contributed by atoms with Crippen molar-refractivity contribution < 1.29 is 14.3 Å². The van der Waals surface area contributed by atoms with Crippen LogP contribution >= 0.6 is 11.3 Å². The predicted molar refractivity (Wildman–Crippen MR) is 110 cm³/mol. The highest BCUT2D eigenvalue weighted by Gasteiger charge is 2.21. The molecule has 3 aromatic heterocycles. The number of nitrogens with zero attached hydrogens (tertiary/aromatic N) is 4. The molecule has 8 nitrogen and oxygen atoms in total. The second-order valence-corrected chi connectivity index (χ2v) is 7.33. The summed E-state index contributed by atoms with van der Waals surface area (Å²) in [6.07, 6.45) is 2.43. The molecule has 0 fully saturated rings. The third-order valence-electron chi connectivity index (χ3n) is 4.36. The number of ether oxygens (including phenoxy) is 2. The lowest BCUT2D eigenvalue weighted by Crippen LogP contribution is -2.16. The number of anilines is 1. The third kappa shape index (κ3) is 3.90. The van der Waals surface area contributed by atoms with Crippen LogP contribution in [0.25, 0.3) is 16.3 Å². The Morgan fingerprint density at radius 2 is 2.03 bits per heavy atom. The maximum Gasteiger partial charge on any atom is 0.412 e. The summed E-state index contributed by atoms with van der Waals surface area (Å²) in [5.41, 5.74) is 2.39. The van der Waals surface area contributed by atoms with E-state index in [-0.39, 0.29) is 0 Å². The predicted octanol–water partition coefficient (Wildman–Crippen LogP) is 4.48. The average molecular weight is 409 g/mol. The third-order valence-corrected chi connectivity index (χ3v) is 5.65. The lowest BCUT2D eigenvalue weighted by atomic mass is 10.2. The number of carbonyl (C=O) groups excluding carboxylic acids is 1. The fraction of sp³-hybridized carbons (Fsp3) is 0.200. The summed E-state index contributed by atoms with van der Waals surface area (Å²) in [6.45, 7) is 3.76. The van der Waals surface area contributed by atoms with Crippen LogP contribution in [0.3, 0.4) is 0 Å². The number of aromatic nitrogens is 4. The molecular formula is C20H19N5O3S. The summed E-state index contributed by atoms with van der Waals surface area (Å²) in [7, 11) is 1.57. The van der Waals surface area contributed by atoms with Crippen LogP contribution in [0.5, 0.6) is 5.75 Å². The van der Waals surface area contributed by atoms with Crippen molar-refractivity contribution in [2.45, 2.75) is 20.0 Å². The maximum absolute atomic E-state index is 12.3. The minimum atomic E-state index is -0.540. The molecule has 0 radical (unpaired) electrons. The second kappa shape index (κ2) is 7.88. The molecule has 0 saturated heterocycles. The zero-order valence-corrected chi connectivity index (χ0v) is 16.9. The SMILES string of the molecule is COc1cccc(NC(=O)OC(C)c2sc3nc(-c4ccncc4)nn3c2C)c1. The number of hydrogen-bond donors (Lipinski definition) is 1. The molecule has 1 unspecified atom stereocenters. The van der Waals surface area contributed by atoms with Crippen LogP contribution in [0.15, 0.2) is 48.8 Å². The number of carbonyl (C=O) groups is 1. The molecular weight excluding hydrogens is 390 g/mol. The van der Waals surface area contributed by atoms with E-state index in [1.54, 1.807) is 48.3 Å². The Morgan fingerprint density at radius 1 is 1.24 bits per heavy atom. The van der Waals surface area contributed by atoms with Gasteiger partial charge in [-0.05, 0) is 38.1 Å². The molecule has 1 amide bonds. The summed E-state index contributed by atoms with van der Waals surface area (Å²) in [5, 5.41) is 7.28. The van der Waals surface area contributed by atoms with E-state index in [1.165, 1.54) is 11.3 Å². The van der Waals surface area contributed by atoms with Crippen LogP contribution in [0.4, 0.5) is 10.5 Å². The molecule has 1 atom stereocenters. The van der Waals surface area contributed by atoms with Crippen molar-refractivity contribution in [2.75, 3.05) is 12.4 Å². The number of rotatable bonds is 5. The Morgan fingerprint density at radius 3 is 2.76 bits per heavy atom. The largest absolute Gasteiger partial charge is 0.497 e. The van der Waals surface area contributed by atoms with Crippen molar-refractivity contribution in [3.05, 3.63) is 59.4 Å². The fourth-order valence-corrected chi connectivity index (χ4v) is 3.96. The lowest BCUT2D eigenvalue weighted by molar-refractivity contribution is 0.122. The first-order valence-corrected chi connectivity index (χ1v) is 9.75. The maximum atomic E-state index is 12.3. The number of methoxy groups -OCH3 is 1. The van der Waals surface area contributed by atoms with Crippen molar-refractivity contribution in [1.29, 1.82) is 0 Å². The van der Waals surface area contributed by atoms with E-state index in [9.17, 15) is 4.79 Å². The molecule has 0 bridgehead atoms. The van der Waals surface area contributed by atoms with Gasteiger partial charge in [0.15, 0.2) is 5.82 Å². The van der Waals surface area contributed by atoms with Gasteiger partial charge in [0.05, 0.1) is 17.7 Å². The number of hydrogen-bond acceptors (Lipinski definition) is 7. The highest BCUT2D eigenvalue weighted by atomic mass is 32.1. The van der Waals surface area contributed by atoms with Crippen molar-refractivity contribution >= 4 is 28.1 Å². The minimum Gasteiger partial charge on any atom is -0.497 e. The molecule has 1 aromatic carbocycles. The Hall–Kier alpha value is -3.46.